The second-order valence-corrected chi connectivity index (χ2v) is 7.44. The molecule has 0 aliphatic rings. The number of likely N-dealkylation sites (N-methyl/N-ethyl adjacent to an activating group) is 1. The summed E-state index contributed by atoms with van der Waals surface area (Å²) >= 11 is 6.94. The van der Waals surface area contributed by atoms with Crippen molar-refractivity contribution in [3.63, 3.8) is 0 Å². The molecule has 118 valence electrons. The zero-order chi connectivity index (χ0) is 16.3. The highest BCUT2D eigenvalue weighted by atomic mass is 35.5. The van der Waals surface area contributed by atoms with Gasteiger partial charge < -0.3 is 5.32 Å². The smallest absolute Gasteiger partial charge is 0.264 e. The van der Waals surface area contributed by atoms with Crippen molar-refractivity contribution in [2.45, 2.75) is 18.2 Å². The first-order chi connectivity index (χ1) is 10.3. The summed E-state index contributed by atoms with van der Waals surface area (Å²) in [6.45, 7) is 1.62. The molecule has 1 aromatic carbocycles. The minimum absolute atomic E-state index is 0.0477. The number of carbonyl (C=O) groups is 1. The van der Waals surface area contributed by atoms with Gasteiger partial charge in [-0.05, 0) is 24.6 Å². The van der Waals surface area contributed by atoms with E-state index in [0.29, 0.717) is 15.6 Å². The van der Waals surface area contributed by atoms with Crippen LogP contribution in [0.5, 0.6) is 0 Å². The summed E-state index contributed by atoms with van der Waals surface area (Å²) in [5.41, 5.74) is 0.451. The molecule has 1 heterocycles. The lowest BCUT2D eigenvalue weighted by atomic mass is 10.2. The summed E-state index contributed by atoms with van der Waals surface area (Å²) in [7, 11) is -2.31. The van der Waals surface area contributed by atoms with Gasteiger partial charge in [0.15, 0.2) is 0 Å². The SMILES string of the molecule is CNC(=O)Cc1nnc(NS(=O)(=O)c2cccc(Cl)c2C)s1. The van der Waals surface area contributed by atoms with Crippen molar-refractivity contribution in [3.8, 4) is 0 Å². The summed E-state index contributed by atoms with van der Waals surface area (Å²) in [4.78, 5) is 11.3. The number of carbonyl (C=O) groups excluding carboxylic acids is 1. The lowest BCUT2D eigenvalue weighted by molar-refractivity contribution is -0.119. The molecule has 0 fully saturated rings. The fourth-order valence-corrected chi connectivity index (χ4v) is 4.11. The van der Waals surface area contributed by atoms with E-state index >= 15 is 0 Å². The molecule has 1 amide bonds. The van der Waals surface area contributed by atoms with E-state index in [4.69, 9.17) is 11.6 Å². The van der Waals surface area contributed by atoms with E-state index in [0.717, 1.165) is 11.3 Å². The van der Waals surface area contributed by atoms with Crippen LogP contribution >= 0.6 is 22.9 Å². The average Bonchev–Trinajstić information content (AvgIpc) is 2.87. The van der Waals surface area contributed by atoms with E-state index in [9.17, 15) is 13.2 Å². The molecule has 0 saturated carbocycles. The Balaban J connectivity index is 2.22. The highest BCUT2D eigenvalue weighted by molar-refractivity contribution is 7.93. The predicted octanol–water partition coefficient (Wildman–Crippen LogP) is 1.59. The third-order valence-corrected chi connectivity index (χ3v) is 5.65. The van der Waals surface area contributed by atoms with Crippen LogP contribution in [0.3, 0.4) is 0 Å². The second kappa shape index (κ2) is 6.59. The summed E-state index contributed by atoms with van der Waals surface area (Å²) in [6.07, 6.45) is 0.0477. The molecule has 22 heavy (non-hydrogen) atoms. The minimum atomic E-state index is -3.81. The number of hydrogen-bond donors (Lipinski definition) is 2. The zero-order valence-electron chi connectivity index (χ0n) is 11.8. The number of anilines is 1. The summed E-state index contributed by atoms with van der Waals surface area (Å²) in [6, 6.07) is 4.62. The number of halogens is 1. The Labute approximate surface area is 136 Å². The van der Waals surface area contributed by atoms with Gasteiger partial charge in [-0.2, -0.15) is 0 Å². The molecule has 10 heteroatoms. The fraction of sp³-hybridized carbons (Fsp3) is 0.250. The Hall–Kier alpha value is -1.71. The maximum atomic E-state index is 12.4. The Bertz CT molecular complexity index is 804. The molecule has 0 radical (unpaired) electrons. The lowest BCUT2D eigenvalue weighted by Crippen LogP contribution is -2.19. The molecule has 2 aromatic rings. The standard InChI is InChI=1S/C12H13ClN4O3S2/c1-7-8(13)4-3-5-9(7)22(19,20)17-12-16-15-11(21-12)6-10(18)14-2/h3-5H,6H2,1-2H3,(H,14,18)(H,16,17). The van der Waals surface area contributed by atoms with Crippen LogP contribution in [0, 0.1) is 6.92 Å². The first-order valence-corrected chi connectivity index (χ1v) is 8.82. The van der Waals surface area contributed by atoms with Crippen molar-refractivity contribution in [3.05, 3.63) is 33.8 Å². The molecular formula is C12H13ClN4O3S2. The first-order valence-electron chi connectivity index (χ1n) is 6.14. The molecule has 7 nitrogen and oxygen atoms in total. The quantitative estimate of drug-likeness (QED) is 0.843. The predicted molar refractivity (Wildman–Crippen MR) is 84.7 cm³/mol. The number of nitrogens with zero attached hydrogens (tertiary/aromatic N) is 2. The van der Waals surface area contributed by atoms with Gasteiger partial charge in [-0.15, -0.1) is 10.2 Å². The van der Waals surface area contributed by atoms with Gasteiger partial charge >= 0.3 is 0 Å². The largest absolute Gasteiger partial charge is 0.359 e. The van der Waals surface area contributed by atoms with Gasteiger partial charge in [-0.1, -0.05) is 29.0 Å². The second-order valence-electron chi connectivity index (χ2n) is 4.32. The van der Waals surface area contributed by atoms with Crippen LogP contribution < -0.4 is 10.0 Å². The molecule has 0 atom stereocenters. The first kappa shape index (κ1) is 16.7. The number of rotatable bonds is 5. The number of hydrogen-bond acceptors (Lipinski definition) is 6. The van der Waals surface area contributed by atoms with E-state index in [1.165, 1.54) is 13.1 Å². The van der Waals surface area contributed by atoms with Crippen molar-refractivity contribution in [1.29, 1.82) is 0 Å². The number of amides is 1. The normalized spacial score (nSPS) is 11.2. The van der Waals surface area contributed by atoms with Crippen molar-refractivity contribution in [2.24, 2.45) is 0 Å². The Morgan fingerprint density at radius 1 is 1.36 bits per heavy atom. The Morgan fingerprint density at radius 3 is 2.77 bits per heavy atom. The maximum Gasteiger partial charge on any atom is 0.264 e. The Morgan fingerprint density at radius 2 is 2.09 bits per heavy atom. The number of aromatic nitrogens is 2. The van der Waals surface area contributed by atoms with Gasteiger partial charge in [0.25, 0.3) is 10.0 Å². The Kier molecular flexibility index (Phi) is 4.99. The molecule has 0 aliphatic carbocycles. The van der Waals surface area contributed by atoms with Gasteiger partial charge in [-0.3, -0.25) is 9.52 Å². The number of sulfonamides is 1. The number of nitrogens with one attached hydrogen (secondary N) is 2. The molecule has 2 rings (SSSR count). The van der Waals surface area contributed by atoms with E-state index in [1.54, 1.807) is 19.1 Å². The molecule has 2 N–H and O–H groups in total. The van der Waals surface area contributed by atoms with Gasteiger partial charge in [0.2, 0.25) is 11.0 Å². The third kappa shape index (κ3) is 3.73. The number of benzene rings is 1. The molecule has 0 aliphatic heterocycles. The fourth-order valence-electron chi connectivity index (χ4n) is 1.64. The van der Waals surface area contributed by atoms with Crippen LogP contribution in [-0.4, -0.2) is 31.6 Å². The van der Waals surface area contributed by atoms with Gasteiger partial charge in [0.05, 0.1) is 11.3 Å². The van der Waals surface area contributed by atoms with E-state index in [-0.39, 0.29) is 22.4 Å². The summed E-state index contributed by atoms with van der Waals surface area (Å²) < 4.78 is 27.0. The highest BCUT2D eigenvalue weighted by Gasteiger charge is 2.20. The van der Waals surface area contributed by atoms with Crippen LogP contribution in [0.15, 0.2) is 23.1 Å². The van der Waals surface area contributed by atoms with Gasteiger partial charge in [0, 0.05) is 12.1 Å². The third-order valence-electron chi connectivity index (χ3n) is 2.79. The van der Waals surface area contributed by atoms with Gasteiger partial charge in [0.1, 0.15) is 5.01 Å². The van der Waals surface area contributed by atoms with E-state index in [1.807, 2.05) is 0 Å². The van der Waals surface area contributed by atoms with E-state index < -0.39 is 10.0 Å². The van der Waals surface area contributed by atoms with Crippen LogP contribution in [0.25, 0.3) is 0 Å². The molecule has 0 unspecified atom stereocenters. The van der Waals surface area contributed by atoms with Gasteiger partial charge in [-0.25, -0.2) is 8.42 Å². The highest BCUT2D eigenvalue weighted by Crippen LogP contribution is 2.25. The molecule has 0 saturated heterocycles. The van der Waals surface area contributed by atoms with Crippen LogP contribution in [-0.2, 0) is 21.2 Å². The zero-order valence-corrected chi connectivity index (χ0v) is 14.1. The molecule has 1 aromatic heterocycles. The lowest BCUT2D eigenvalue weighted by Gasteiger charge is -2.08. The van der Waals surface area contributed by atoms with Crippen molar-refractivity contribution >= 4 is 44.0 Å². The topological polar surface area (TPSA) is 101 Å². The van der Waals surface area contributed by atoms with Crippen LogP contribution in [0.2, 0.25) is 5.02 Å². The average molecular weight is 361 g/mol. The van der Waals surface area contributed by atoms with Crippen LogP contribution in [0.1, 0.15) is 10.6 Å². The summed E-state index contributed by atoms with van der Waals surface area (Å²) in [5, 5.41) is 10.8. The van der Waals surface area contributed by atoms with E-state index in [2.05, 4.69) is 20.2 Å². The van der Waals surface area contributed by atoms with Crippen molar-refractivity contribution < 1.29 is 13.2 Å². The minimum Gasteiger partial charge on any atom is -0.359 e. The molecular weight excluding hydrogens is 348 g/mol. The van der Waals surface area contributed by atoms with Crippen molar-refractivity contribution in [1.82, 2.24) is 15.5 Å². The maximum absolute atomic E-state index is 12.4. The molecule has 0 bridgehead atoms. The molecule has 0 spiro atoms. The van der Waals surface area contributed by atoms with Crippen molar-refractivity contribution in [2.75, 3.05) is 11.8 Å². The monoisotopic (exact) mass is 360 g/mol. The summed E-state index contributed by atoms with van der Waals surface area (Å²) in [5.74, 6) is -0.226. The van der Waals surface area contributed by atoms with Crippen LogP contribution in [0.4, 0.5) is 5.13 Å².